The predicted octanol–water partition coefficient (Wildman–Crippen LogP) is 2.38. The van der Waals surface area contributed by atoms with Crippen LogP contribution in [-0.4, -0.2) is 39.3 Å². The van der Waals surface area contributed by atoms with Gasteiger partial charge in [0.2, 0.25) is 5.91 Å². The predicted molar refractivity (Wildman–Crippen MR) is 74.9 cm³/mol. The molecule has 7 heteroatoms. The SMILES string of the molecule is CN1C(=O)C[C@H](C(=O)O)SC1=Nc1ccc(Cl)cc1. The van der Waals surface area contributed by atoms with E-state index in [1.807, 2.05) is 0 Å². The van der Waals surface area contributed by atoms with Crippen LogP contribution < -0.4 is 0 Å². The van der Waals surface area contributed by atoms with E-state index in [-0.39, 0.29) is 12.3 Å². The number of amidine groups is 1. The Morgan fingerprint density at radius 3 is 2.68 bits per heavy atom. The number of aliphatic carboxylic acids is 1. The van der Waals surface area contributed by atoms with E-state index in [4.69, 9.17) is 16.7 Å². The number of nitrogens with zero attached hydrogens (tertiary/aromatic N) is 2. The zero-order chi connectivity index (χ0) is 14.0. The molecule has 1 aromatic rings. The van der Waals surface area contributed by atoms with Crippen LogP contribution in [0.25, 0.3) is 0 Å². The molecule has 1 aliphatic rings. The number of amides is 1. The summed E-state index contributed by atoms with van der Waals surface area (Å²) in [6.07, 6.45) is -0.0177. The van der Waals surface area contributed by atoms with Crippen molar-refractivity contribution in [3.05, 3.63) is 29.3 Å². The van der Waals surface area contributed by atoms with Crippen LogP contribution in [0, 0.1) is 0 Å². The Morgan fingerprint density at radius 2 is 2.11 bits per heavy atom. The number of rotatable bonds is 2. The smallest absolute Gasteiger partial charge is 0.317 e. The van der Waals surface area contributed by atoms with Crippen LogP contribution in [0.5, 0.6) is 0 Å². The summed E-state index contributed by atoms with van der Waals surface area (Å²) in [5.74, 6) is -1.26. The molecule has 100 valence electrons. The number of carbonyl (C=O) groups excluding carboxylic acids is 1. The summed E-state index contributed by atoms with van der Waals surface area (Å²) in [6, 6.07) is 6.78. The quantitative estimate of drug-likeness (QED) is 0.910. The van der Waals surface area contributed by atoms with E-state index < -0.39 is 11.2 Å². The molecule has 1 fully saturated rings. The van der Waals surface area contributed by atoms with Crippen LogP contribution in [0.1, 0.15) is 6.42 Å². The van der Waals surface area contributed by atoms with Crippen molar-refractivity contribution >= 4 is 46.1 Å². The van der Waals surface area contributed by atoms with E-state index in [0.29, 0.717) is 15.9 Å². The second kappa shape index (κ2) is 5.63. The van der Waals surface area contributed by atoms with Gasteiger partial charge in [-0.2, -0.15) is 0 Å². The van der Waals surface area contributed by atoms with Gasteiger partial charge in [-0.3, -0.25) is 14.5 Å². The Labute approximate surface area is 119 Å². The molecule has 0 bridgehead atoms. The number of carboxylic acid groups (broad SMARTS) is 1. The third kappa shape index (κ3) is 3.27. The molecule has 5 nitrogen and oxygen atoms in total. The monoisotopic (exact) mass is 298 g/mol. The standard InChI is InChI=1S/C12H11ClN2O3S/c1-15-10(16)6-9(11(17)18)19-12(15)14-8-4-2-7(13)3-5-8/h2-5,9H,6H2,1H3,(H,17,18)/t9-/m1/s1. The van der Waals surface area contributed by atoms with Crippen LogP contribution in [0.3, 0.4) is 0 Å². The molecule has 1 aromatic carbocycles. The number of aliphatic imine (C=N–C) groups is 1. The van der Waals surface area contributed by atoms with Crippen molar-refractivity contribution in [1.29, 1.82) is 0 Å². The molecule has 0 radical (unpaired) electrons. The molecule has 1 amide bonds. The third-order valence-corrected chi connectivity index (χ3v) is 4.08. The summed E-state index contributed by atoms with van der Waals surface area (Å²) >= 11 is 6.85. The van der Waals surface area contributed by atoms with Gasteiger partial charge in [-0.15, -0.1) is 0 Å². The molecular formula is C12H11ClN2O3S. The number of halogens is 1. The van der Waals surface area contributed by atoms with Crippen molar-refractivity contribution in [2.45, 2.75) is 11.7 Å². The summed E-state index contributed by atoms with van der Waals surface area (Å²) in [4.78, 5) is 28.4. The third-order valence-electron chi connectivity index (χ3n) is 2.60. The van der Waals surface area contributed by atoms with E-state index >= 15 is 0 Å². The number of carbonyl (C=O) groups is 2. The van der Waals surface area contributed by atoms with Gasteiger partial charge < -0.3 is 5.11 Å². The molecule has 1 N–H and O–H groups in total. The average molecular weight is 299 g/mol. The second-order valence-corrected chi connectivity index (χ2v) is 5.58. The molecule has 0 spiro atoms. The van der Waals surface area contributed by atoms with Gasteiger partial charge in [0.25, 0.3) is 0 Å². The lowest BCUT2D eigenvalue weighted by Crippen LogP contribution is -2.41. The fourth-order valence-corrected chi connectivity index (χ4v) is 2.64. The van der Waals surface area contributed by atoms with Crippen LogP contribution in [0.15, 0.2) is 29.3 Å². The molecule has 0 unspecified atom stereocenters. The summed E-state index contributed by atoms with van der Waals surface area (Å²) in [6.45, 7) is 0. The first kappa shape index (κ1) is 13.9. The lowest BCUT2D eigenvalue weighted by Gasteiger charge is -2.27. The van der Waals surface area contributed by atoms with Crippen molar-refractivity contribution < 1.29 is 14.7 Å². The topological polar surface area (TPSA) is 70.0 Å². The maximum absolute atomic E-state index is 11.7. The highest BCUT2D eigenvalue weighted by Gasteiger charge is 2.33. The van der Waals surface area contributed by atoms with Crippen molar-refractivity contribution in [2.75, 3.05) is 7.05 Å². The first-order valence-electron chi connectivity index (χ1n) is 5.47. The van der Waals surface area contributed by atoms with Crippen LogP contribution in [-0.2, 0) is 9.59 Å². The van der Waals surface area contributed by atoms with Gasteiger partial charge in [-0.1, -0.05) is 23.4 Å². The molecule has 0 aromatic heterocycles. The molecule has 2 rings (SSSR count). The summed E-state index contributed by atoms with van der Waals surface area (Å²) in [5.41, 5.74) is 0.623. The number of hydrogen-bond donors (Lipinski definition) is 1. The van der Waals surface area contributed by atoms with Gasteiger partial charge >= 0.3 is 5.97 Å². The minimum absolute atomic E-state index is 0.0177. The molecule has 1 aliphatic heterocycles. The first-order valence-corrected chi connectivity index (χ1v) is 6.73. The lowest BCUT2D eigenvalue weighted by molar-refractivity contribution is -0.139. The summed E-state index contributed by atoms with van der Waals surface area (Å²) < 4.78 is 0. The van der Waals surface area contributed by atoms with Gasteiger partial charge in [0.1, 0.15) is 5.25 Å². The van der Waals surface area contributed by atoms with E-state index in [1.54, 1.807) is 31.3 Å². The molecule has 19 heavy (non-hydrogen) atoms. The van der Waals surface area contributed by atoms with Crippen molar-refractivity contribution in [3.63, 3.8) is 0 Å². The highest BCUT2D eigenvalue weighted by molar-refractivity contribution is 8.15. The second-order valence-electron chi connectivity index (χ2n) is 3.97. The average Bonchev–Trinajstić information content (AvgIpc) is 2.37. The van der Waals surface area contributed by atoms with E-state index in [1.165, 1.54) is 4.90 Å². The number of carboxylic acids is 1. The molecule has 1 atom stereocenters. The maximum atomic E-state index is 11.7. The first-order chi connectivity index (χ1) is 8.97. The molecule has 1 heterocycles. The number of thioether (sulfide) groups is 1. The Balaban J connectivity index is 2.27. The minimum Gasteiger partial charge on any atom is -0.480 e. The van der Waals surface area contributed by atoms with Crippen LogP contribution >= 0.6 is 23.4 Å². The van der Waals surface area contributed by atoms with Crippen molar-refractivity contribution in [3.8, 4) is 0 Å². The normalized spacial score (nSPS) is 21.8. The van der Waals surface area contributed by atoms with E-state index in [2.05, 4.69) is 4.99 Å². The molecule has 1 saturated heterocycles. The van der Waals surface area contributed by atoms with Gasteiger partial charge in [0, 0.05) is 12.1 Å². The van der Waals surface area contributed by atoms with E-state index in [0.717, 1.165) is 11.8 Å². The highest BCUT2D eigenvalue weighted by Crippen LogP contribution is 2.28. The zero-order valence-corrected chi connectivity index (χ0v) is 11.6. The number of hydrogen-bond acceptors (Lipinski definition) is 4. The van der Waals surface area contributed by atoms with Gasteiger partial charge in [0.05, 0.1) is 12.1 Å². The van der Waals surface area contributed by atoms with Crippen LogP contribution in [0.2, 0.25) is 5.02 Å². The largest absolute Gasteiger partial charge is 0.480 e. The summed E-state index contributed by atoms with van der Waals surface area (Å²) in [5, 5.41) is 9.19. The van der Waals surface area contributed by atoms with Crippen LogP contribution in [0.4, 0.5) is 5.69 Å². The minimum atomic E-state index is -1.00. The van der Waals surface area contributed by atoms with Crippen molar-refractivity contribution in [1.82, 2.24) is 4.90 Å². The van der Waals surface area contributed by atoms with Gasteiger partial charge in [-0.05, 0) is 24.3 Å². The van der Waals surface area contributed by atoms with Gasteiger partial charge in [-0.25, -0.2) is 4.99 Å². The fourth-order valence-electron chi connectivity index (χ4n) is 1.52. The van der Waals surface area contributed by atoms with E-state index in [9.17, 15) is 9.59 Å². The molecule has 0 saturated carbocycles. The molecule has 0 aliphatic carbocycles. The summed E-state index contributed by atoms with van der Waals surface area (Å²) in [7, 11) is 1.59. The Hall–Kier alpha value is -1.53. The fraction of sp³-hybridized carbons (Fsp3) is 0.250. The van der Waals surface area contributed by atoms with Crippen molar-refractivity contribution in [2.24, 2.45) is 4.99 Å². The Kier molecular flexibility index (Phi) is 4.11. The Morgan fingerprint density at radius 1 is 1.47 bits per heavy atom. The lowest BCUT2D eigenvalue weighted by atomic mass is 10.3. The highest BCUT2D eigenvalue weighted by atomic mass is 35.5. The Bertz CT molecular complexity index is 544. The maximum Gasteiger partial charge on any atom is 0.317 e. The zero-order valence-electron chi connectivity index (χ0n) is 10.0. The van der Waals surface area contributed by atoms with Gasteiger partial charge in [0.15, 0.2) is 5.17 Å². The number of benzene rings is 1. The molecular weight excluding hydrogens is 288 g/mol.